The van der Waals surface area contributed by atoms with Crippen LogP contribution < -0.4 is 5.32 Å². The Hall–Kier alpha value is -1.85. The normalized spacial score (nSPS) is 29.7. The van der Waals surface area contributed by atoms with E-state index in [-0.39, 0.29) is 23.9 Å². The molecule has 21 heavy (non-hydrogen) atoms. The molecule has 6 heteroatoms. The molecule has 2 saturated carbocycles. The second-order valence-electron chi connectivity index (χ2n) is 6.55. The van der Waals surface area contributed by atoms with E-state index in [1.54, 1.807) is 9.58 Å². The molecule has 1 saturated heterocycles. The van der Waals surface area contributed by atoms with Gasteiger partial charge in [0.2, 0.25) is 11.8 Å². The van der Waals surface area contributed by atoms with Crippen molar-refractivity contribution in [2.24, 2.45) is 18.9 Å². The van der Waals surface area contributed by atoms with Crippen molar-refractivity contribution in [1.29, 1.82) is 0 Å². The summed E-state index contributed by atoms with van der Waals surface area (Å²) in [6, 6.07) is 1.31. The molecular formula is C15H20N4O2. The first-order chi connectivity index (χ1) is 10.1. The molecule has 2 amide bonds. The van der Waals surface area contributed by atoms with E-state index in [9.17, 15) is 9.59 Å². The highest BCUT2D eigenvalue weighted by atomic mass is 16.2. The van der Waals surface area contributed by atoms with E-state index >= 15 is 0 Å². The minimum absolute atomic E-state index is 0.0323. The molecule has 0 spiro atoms. The molecular weight excluding hydrogens is 268 g/mol. The van der Waals surface area contributed by atoms with Crippen molar-refractivity contribution in [3.05, 3.63) is 18.0 Å². The summed E-state index contributed by atoms with van der Waals surface area (Å²) in [4.78, 5) is 27.0. The average Bonchev–Trinajstić information content (AvgIpc) is 3.33. The molecule has 3 fully saturated rings. The van der Waals surface area contributed by atoms with Crippen LogP contribution in [-0.2, 0) is 23.2 Å². The zero-order chi connectivity index (χ0) is 14.6. The van der Waals surface area contributed by atoms with Gasteiger partial charge in [0, 0.05) is 13.2 Å². The summed E-state index contributed by atoms with van der Waals surface area (Å²) < 4.78 is 1.73. The van der Waals surface area contributed by atoms with Crippen molar-refractivity contribution in [3.63, 3.8) is 0 Å². The Morgan fingerprint density at radius 3 is 2.52 bits per heavy atom. The van der Waals surface area contributed by atoms with Gasteiger partial charge in [-0.2, -0.15) is 5.10 Å². The van der Waals surface area contributed by atoms with Crippen molar-refractivity contribution in [2.75, 3.05) is 0 Å². The van der Waals surface area contributed by atoms with Crippen molar-refractivity contribution >= 4 is 11.8 Å². The molecule has 1 aliphatic heterocycles. The fourth-order valence-corrected chi connectivity index (χ4v) is 3.29. The molecule has 1 aromatic rings. The second-order valence-corrected chi connectivity index (χ2v) is 6.55. The van der Waals surface area contributed by atoms with Gasteiger partial charge >= 0.3 is 0 Å². The lowest BCUT2D eigenvalue weighted by atomic mass is 10.00. The summed E-state index contributed by atoms with van der Waals surface area (Å²) in [6.07, 6.45) is 6.04. The maximum Gasteiger partial charge on any atom is 0.246 e. The summed E-state index contributed by atoms with van der Waals surface area (Å²) in [5, 5.41) is 7.32. The van der Waals surface area contributed by atoms with Gasteiger partial charge in [-0.15, -0.1) is 0 Å². The molecule has 2 aliphatic carbocycles. The first-order valence-electron chi connectivity index (χ1n) is 7.73. The van der Waals surface area contributed by atoms with Crippen molar-refractivity contribution in [2.45, 2.75) is 44.3 Å². The largest absolute Gasteiger partial charge is 0.342 e. The Morgan fingerprint density at radius 2 is 1.95 bits per heavy atom. The fourth-order valence-electron chi connectivity index (χ4n) is 3.29. The molecule has 2 atom stereocenters. The van der Waals surface area contributed by atoms with Crippen molar-refractivity contribution in [3.8, 4) is 0 Å². The Kier molecular flexibility index (Phi) is 2.80. The molecule has 0 aromatic carbocycles. The Balaban J connectivity index is 1.60. The Morgan fingerprint density at radius 1 is 1.24 bits per heavy atom. The van der Waals surface area contributed by atoms with Crippen LogP contribution in [0.25, 0.3) is 0 Å². The van der Waals surface area contributed by atoms with Crippen LogP contribution in [0.1, 0.15) is 31.4 Å². The molecule has 6 nitrogen and oxygen atoms in total. The van der Waals surface area contributed by atoms with Gasteiger partial charge < -0.3 is 10.2 Å². The zero-order valence-electron chi connectivity index (χ0n) is 12.2. The number of carbonyl (C=O) groups excluding carboxylic acids is 2. The van der Waals surface area contributed by atoms with Crippen LogP contribution in [0.4, 0.5) is 0 Å². The number of aryl methyl sites for hydroxylation is 1. The average molecular weight is 288 g/mol. The third kappa shape index (κ3) is 2.32. The molecule has 2 unspecified atom stereocenters. The summed E-state index contributed by atoms with van der Waals surface area (Å²) in [5.41, 5.74) is 0.848. The first kappa shape index (κ1) is 12.9. The predicted molar refractivity (Wildman–Crippen MR) is 74.9 cm³/mol. The maximum atomic E-state index is 12.8. The van der Waals surface area contributed by atoms with Gasteiger partial charge in [0.1, 0.15) is 12.1 Å². The smallest absolute Gasteiger partial charge is 0.246 e. The highest BCUT2D eigenvalue weighted by Crippen LogP contribution is 2.40. The number of amides is 2. The topological polar surface area (TPSA) is 67.2 Å². The third-order valence-corrected chi connectivity index (χ3v) is 4.71. The first-order valence-corrected chi connectivity index (χ1v) is 7.73. The van der Waals surface area contributed by atoms with Crippen molar-refractivity contribution < 1.29 is 9.59 Å². The molecule has 0 bridgehead atoms. The zero-order valence-corrected chi connectivity index (χ0v) is 12.2. The SMILES string of the molecule is Cn1ccc(CN2C(=O)C(C3CC3)NC(=O)C2C2CC2)n1. The van der Waals surface area contributed by atoms with Gasteiger partial charge in [-0.1, -0.05) is 0 Å². The number of piperazine rings is 1. The molecule has 2 heterocycles. The lowest BCUT2D eigenvalue weighted by Gasteiger charge is -2.39. The lowest BCUT2D eigenvalue weighted by Crippen LogP contribution is -2.64. The van der Waals surface area contributed by atoms with Gasteiger partial charge in [0.15, 0.2) is 0 Å². The monoisotopic (exact) mass is 288 g/mol. The maximum absolute atomic E-state index is 12.8. The molecule has 1 N–H and O–H groups in total. The summed E-state index contributed by atoms with van der Waals surface area (Å²) in [5.74, 6) is 0.787. The molecule has 112 valence electrons. The predicted octanol–water partition coefficient (Wildman–Crippen LogP) is 0.436. The number of nitrogens with one attached hydrogen (secondary N) is 1. The van der Waals surface area contributed by atoms with Crippen LogP contribution in [0, 0.1) is 11.8 Å². The minimum Gasteiger partial charge on any atom is -0.342 e. The highest BCUT2D eigenvalue weighted by molar-refractivity contribution is 5.97. The van der Waals surface area contributed by atoms with Gasteiger partial charge in [-0.05, 0) is 43.6 Å². The summed E-state index contributed by atoms with van der Waals surface area (Å²) >= 11 is 0. The van der Waals surface area contributed by atoms with Crippen LogP contribution in [0.15, 0.2) is 12.3 Å². The quantitative estimate of drug-likeness (QED) is 0.874. The molecule has 1 aromatic heterocycles. The van der Waals surface area contributed by atoms with Crippen LogP contribution in [0.5, 0.6) is 0 Å². The van der Waals surface area contributed by atoms with Crippen molar-refractivity contribution in [1.82, 2.24) is 20.0 Å². The van der Waals surface area contributed by atoms with Crippen LogP contribution in [0.2, 0.25) is 0 Å². The third-order valence-electron chi connectivity index (χ3n) is 4.71. The number of nitrogens with zero attached hydrogens (tertiary/aromatic N) is 3. The Bertz CT molecular complexity index is 588. The van der Waals surface area contributed by atoms with Crippen LogP contribution >= 0.6 is 0 Å². The highest BCUT2D eigenvalue weighted by Gasteiger charge is 2.51. The van der Waals surface area contributed by atoms with E-state index in [1.807, 2.05) is 19.3 Å². The van der Waals surface area contributed by atoms with Gasteiger partial charge in [0.25, 0.3) is 0 Å². The van der Waals surface area contributed by atoms with Gasteiger partial charge in [-0.25, -0.2) is 0 Å². The fraction of sp³-hybridized carbons (Fsp3) is 0.667. The van der Waals surface area contributed by atoms with Crippen LogP contribution in [0.3, 0.4) is 0 Å². The Labute approximate surface area is 123 Å². The molecule has 0 radical (unpaired) electrons. The number of aromatic nitrogens is 2. The van der Waals surface area contributed by atoms with Crippen LogP contribution in [-0.4, -0.2) is 38.6 Å². The van der Waals surface area contributed by atoms with E-state index in [4.69, 9.17) is 0 Å². The minimum atomic E-state index is -0.309. The number of hydrogen-bond acceptors (Lipinski definition) is 3. The standard InChI is InChI=1S/C15H20N4O2/c1-18-7-6-11(17-18)8-19-13(10-4-5-10)14(20)16-12(15(19)21)9-2-3-9/h6-7,9-10,12-13H,2-5,8H2,1H3,(H,16,20). The molecule has 4 rings (SSSR count). The lowest BCUT2D eigenvalue weighted by molar-refractivity contribution is -0.151. The summed E-state index contributed by atoms with van der Waals surface area (Å²) in [7, 11) is 1.86. The number of hydrogen-bond donors (Lipinski definition) is 1. The van der Waals surface area contributed by atoms with Gasteiger partial charge in [0.05, 0.1) is 12.2 Å². The van der Waals surface area contributed by atoms with E-state index in [2.05, 4.69) is 10.4 Å². The van der Waals surface area contributed by atoms with E-state index in [0.29, 0.717) is 18.4 Å². The second kappa shape index (κ2) is 4.58. The van der Waals surface area contributed by atoms with E-state index < -0.39 is 0 Å². The molecule has 3 aliphatic rings. The number of rotatable bonds is 4. The summed E-state index contributed by atoms with van der Waals surface area (Å²) in [6.45, 7) is 0.442. The number of carbonyl (C=O) groups is 2. The van der Waals surface area contributed by atoms with E-state index in [1.165, 1.54) is 0 Å². The van der Waals surface area contributed by atoms with E-state index in [0.717, 1.165) is 31.4 Å². The van der Waals surface area contributed by atoms with Gasteiger partial charge in [-0.3, -0.25) is 14.3 Å².